The van der Waals surface area contributed by atoms with E-state index in [0.29, 0.717) is 23.2 Å². The maximum absolute atomic E-state index is 5.34. The summed E-state index contributed by atoms with van der Waals surface area (Å²) in [6.07, 6.45) is 0. The number of nitrogens with zero attached hydrogens (tertiary/aromatic N) is 2. The summed E-state index contributed by atoms with van der Waals surface area (Å²) in [5.74, 6) is 2.91. The van der Waals surface area contributed by atoms with Crippen LogP contribution in [-0.2, 0) is 0 Å². The molecule has 6 heteroatoms. The molecule has 0 aliphatic carbocycles. The first kappa shape index (κ1) is 16.1. The van der Waals surface area contributed by atoms with Crippen molar-refractivity contribution in [3.05, 3.63) is 29.4 Å². The smallest absolute Gasteiger partial charge is 0.248 e. The maximum atomic E-state index is 5.34. The molecule has 0 aliphatic rings. The Morgan fingerprint density at radius 1 is 1.09 bits per heavy atom. The number of hydrogen-bond acceptors (Lipinski definition) is 6. The van der Waals surface area contributed by atoms with Gasteiger partial charge >= 0.3 is 0 Å². The van der Waals surface area contributed by atoms with E-state index >= 15 is 0 Å². The van der Waals surface area contributed by atoms with Crippen molar-refractivity contribution in [2.24, 2.45) is 0 Å². The number of nitrogens with one attached hydrogen (secondary N) is 1. The van der Waals surface area contributed by atoms with E-state index in [4.69, 9.17) is 14.0 Å². The molecular formula is C16H23N3O3. The van der Waals surface area contributed by atoms with Crippen LogP contribution in [0.5, 0.6) is 11.5 Å². The third-order valence-corrected chi connectivity index (χ3v) is 3.45. The molecular weight excluding hydrogens is 282 g/mol. The number of aryl methyl sites for hydroxylation is 1. The molecule has 1 atom stereocenters. The standard InChI is InChI=1S/C16H23N3O3/c1-9(2)15-18-16(22-19-15)11(4)17-12-8-14(21-6)13(20-5)7-10(12)3/h7-9,11,17H,1-6H3/t11-/m1/s1. The van der Waals surface area contributed by atoms with Gasteiger partial charge in [-0.05, 0) is 25.5 Å². The lowest BCUT2D eigenvalue weighted by Gasteiger charge is -2.16. The lowest BCUT2D eigenvalue weighted by Crippen LogP contribution is -2.09. The van der Waals surface area contributed by atoms with Gasteiger partial charge in [-0.2, -0.15) is 4.98 Å². The zero-order chi connectivity index (χ0) is 16.3. The highest BCUT2D eigenvalue weighted by atomic mass is 16.5. The van der Waals surface area contributed by atoms with Gasteiger partial charge in [0.2, 0.25) is 5.89 Å². The SMILES string of the molecule is COc1cc(C)c(N[C@H](C)c2nc(C(C)C)no2)cc1OC. The summed E-state index contributed by atoms with van der Waals surface area (Å²) in [5, 5.41) is 7.36. The van der Waals surface area contributed by atoms with E-state index in [1.165, 1.54) is 0 Å². The Hall–Kier alpha value is -2.24. The number of anilines is 1. The second-order valence-corrected chi connectivity index (χ2v) is 5.53. The van der Waals surface area contributed by atoms with Gasteiger partial charge in [-0.1, -0.05) is 19.0 Å². The number of ether oxygens (including phenoxy) is 2. The number of hydrogen-bond donors (Lipinski definition) is 1. The first-order valence-corrected chi connectivity index (χ1v) is 7.29. The van der Waals surface area contributed by atoms with Gasteiger partial charge in [0.25, 0.3) is 0 Å². The van der Waals surface area contributed by atoms with Crippen molar-refractivity contribution in [2.75, 3.05) is 19.5 Å². The Morgan fingerprint density at radius 2 is 1.73 bits per heavy atom. The molecule has 1 aromatic heterocycles. The van der Waals surface area contributed by atoms with Crippen LogP contribution in [-0.4, -0.2) is 24.4 Å². The molecule has 0 spiro atoms. The molecule has 0 radical (unpaired) electrons. The number of aromatic nitrogens is 2. The van der Waals surface area contributed by atoms with Gasteiger partial charge in [0.1, 0.15) is 6.04 Å². The molecule has 2 rings (SSSR count). The minimum atomic E-state index is -0.100. The van der Waals surface area contributed by atoms with Gasteiger partial charge in [-0.3, -0.25) is 0 Å². The Bertz CT molecular complexity index is 638. The van der Waals surface area contributed by atoms with Gasteiger partial charge in [0.05, 0.1) is 14.2 Å². The average Bonchev–Trinajstić information content (AvgIpc) is 2.99. The van der Waals surface area contributed by atoms with Gasteiger partial charge in [-0.25, -0.2) is 0 Å². The molecule has 2 aromatic rings. The van der Waals surface area contributed by atoms with E-state index in [0.717, 1.165) is 11.3 Å². The van der Waals surface area contributed by atoms with E-state index in [9.17, 15) is 0 Å². The molecule has 0 saturated heterocycles. The van der Waals surface area contributed by atoms with E-state index < -0.39 is 0 Å². The highest BCUT2D eigenvalue weighted by molar-refractivity contribution is 5.60. The molecule has 22 heavy (non-hydrogen) atoms. The Morgan fingerprint density at radius 3 is 2.27 bits per heavy atom. The Balaban J connectivity index is 2.21. The van der Waals surface area contributed by atoms with Crippen molar-refractivity contribution in [1.29, 1.82) is 0 Å². The summed E-state index contributed by atoms with van der Waals surface area (Å²) in [6.45, 7) is 8.05. The highest BCUT2D eigenvalue weighted by Crippen LogP contribution is 2.34. The van der Waals surface area contributed by atoms with Crippen LogP contribution in [0.15, 0.2) is 16.7 Å². The van der Waals surface area contributed by atoms with E-state index in [-0.39, 0.29) is 12.0 Å². The van der Waals surface area contributed by atoms with Crippen LogP contribution in [0.25, 0.3) is 0 Å². The quantitative estimate of drug-likeness (QED) is 0.877. The fourth-order valence-electron chi connectivity index (χ4n) is 2.09. The summed E-state index contributed by atoms with van der Waals surface area (Å²) >= 11 is 0. The summed E-state index contributed by atoms with van der Waals surface area (Å²) in [7, 11) is 3.24. The van der Waals surface area contributed by atoms with Crippen LogP contribution < -0.4 is 14.8 Å². The topological polar surface area (TPSA) is 69.4 Å². The predicted molar refractivity (Wildman–Crippen MR) is 84.7 cm³/mol. The highest BCUT2D eigenvalue weighted by Gasteiger charge is 2.17. The van der Waals surface area contributed by atoms with Crippen molar-refractivity contribution < 1.29 is 14.0 Å². The second kappa shape index (κ2) is 6.68. The number of benzene rings is 1. The minimum Gasteiger partial charge on any atom is -0.493 e. The minimum absolute atomic E-state index is 0.100. The third kappa shape index (κ3) is 3.32. The maximum Gasteiger partial charge on any atom is 0.248 e. The molecule has 0 bridgehead atoms. The first-order valence-electron chi connectivity index (χ1n) is 7.29. The van der Waals surface area contributed by atoms with Crippen LogP contribution in [0.4, 0.5) is 5.69 Å². The van der Waals surface area contributed by atoms with Crippen LogP contribution in [0.3, 0.4) is 0 Å². The Kier molecular flexibility index (Phi) is 4.90. The van der Waals surface area contributed by atoms with Crippen LogP contribution in [0.2, 0.25) is 0 Å². The van der Waals surface area contributed by atoms with Crippen LogP contribution >= 0.6 is 0 Å². The molecule has 0 unspecified atom stereocenters. The molecule has 6 nitrogen and oxygen atoms in total. The Labute approximate surface area is 130 Å². The third-order valence-electron chi connectivity index (χ3n) is 3.45. The lowest BCUT2D eigenvalue weighted by atomic mass is 10.1. The van der Waals surface area contributed by atoms with Gasteiger partial charge in [0.15, 0.2) is 17.3 Å². The molecule has 0 saturated carbocycles. The average molecular weight is 305 g/mol. The molecule has 0 amide bonds. The normalized spacial score (nSPS) is 12.3. The predicted octanol–water partition coefficient (Wildman–Crippen LogP) is 3.69. The lowest BCUT2D eigenvalue weighted by molar-refractivity contribution is 0.354. The van der Waals surface area contributed by atoms with Crippen molar-refractivity contribution in [3.63, 3.8) is 0 Å². The van der Waals surface area contributed by atoms with E-state index in [2.05, 4.69) is 15.5 Å². The molecule has 1 heterocycles. The molecule has 0 fully saturated rings. The fourth-order valence-corrected chi connectivity index (χ4v) is 2.09. The summed E-state index contributed by atoms with van der Waals surface area (Å²) in [4.78, 5) is 4.42. The van der Waals surface area contributed by atoms with Gasteiger partial charge < -0.3 is 19.3 Å². The van der Waals surface area contributed by atoms with Crippen molar-refractivity contribution in [1.82, 2.24) is 10.1 Å². The van der Waals surface area contributed by atoms with Gasteiger partial charge in [0, 0.05) is 17.7 Å². The molecule has 120 valence electrons. The number of rotatable bonds is 6. The first-order chi connectivity index (χ1) is 10.5. The van der Waals surface area contributed by atoms with Crippen molar-refractivity contribution in [3.8, 4) is 11.5 Å². The summed E-state index contributed by atoms with van der Waals surface area (Å²) < 4.78 is 16.0. The molecule has 1 aromatic carbocycles. The molecule has 0 aliphatic heterocycles. The number of methoxy groups -OCH3 is 2. The van der Waals surface area contributed by atoms with Crippen molar-refractivity contribution >= 4 is 5.69 Å². The molecule has 1 N–H and O–H groups in total. The second-order valence-electron chi connectivity index (χ2n) is 5.53. The fraction of sp³-hybridized carbons (Fsp3) is 0.500. The zero-order valence-electron chi connectivity index (χ0n) is 13.9. The van der Waals surface area contributed by atoms with Crippen LogP contribution in [0, 0.1) is 6.92 Å². The summed E-state index contributed by atoms with van der Waals surface area (Å²) in [5.41, 5.74) is 1.99. The van der Waals surface area contributed by atoms with E-state index in [1.54, 1.807) is 14.2 Å². The van der Waals surface area contributed by atoms with Gasteiger partial charge in [-0.15, -0.1) is 0 Å². The van der Waals surface area contributed by atoms with Crippen LogP contribution in [0.1, 0.15) is 50.0 Å². The zero-order valence-corrected chi connectivity index (χ0v) is 13.9. The van der Waals surface area contributed by atoms with Crippen molar-refractivity contribution in [2.45, 2.75) is 39.7 Å². The monoisotopic (exact) mass is 305 g/mol. The summed E-state index contributed by atoms with van der Waals surface area (Å²) in [6, 6.07) is 3.74. The van der Waals surface area contributed by atoms with E-state index in [1.807, 2.05) is 39.8 Å². The largest absolute Gasteiger partial charge is 0.493 e.